The molecule has 108 valence electrons. The Bertz CT molecular complexity index is 502. The molecule has 0 saturated heterocycles. The van der Waals surface area contributed by atoms with E-state index >= 15 is 0 Å². The van der Waals surface area contributed by atoms with Crippen molar-refractivity contribution in [1.29, 1.82) is 0 Å². The van der Waals surface area contributed by atoms with Gasteiger partial charge in [0.1, 0.15) is 0 Å². The van der Waals surface area contributed by atoms with E-state index in [-0.39, 0.29) is 17.7 Å². The van der Waals surface area contributed by atoms with Crippen LogP contribution in [0, 0.1) is 12.8 Å². The van der Waals surface area contributed by atoms with Crippen LogP contribution in [0.5, 0.6) is 0 Å². The van der Waals surface area contributed by atoms with Crippen molar-refractivity contribution in [2.24, 2.45) is 5.92 Å². The van der Waals surface area contributed by atoms with Crippen molar-refractivity contribution in [1.82, 2.24) is 10.9 Å². The first-order chi connectivity index (χ1) is 9.66. The van der Waals surface area contributed by atoms with Gasteiger partial charge in [-0.25, -0.2) is 0 Å². The molecule has 2 amide bonds. The Labute approximate surface area is 123 Å². The van der Waals surface area contributed by atoms with E-state index in [0.29, 0.717) is 0 Å². The van der Waals surface area contributed by atoms with E-state index in [9.17, 15) is 9.59 Å². The van der Waals surface area contributed by atoms with E-state index in [1.807, 2.05) is 18.4 Å². The number of hydrazine groups is 1. The van der Waals surface area contributed by atoms with Crippen molar-refractivity contribution in [3.8, 4) is 0 Å². The van der Waals surface area contributed by atoms with Crippen molar-refractivity contribution in [2.75, 3.05) is 0 Å². The smallest absolute Gasteiger partial charge is 0.262 e. The van der Waals surface area contributed by atoms with Crippen LogP contribution in [0.1, 0.15) is 42.5 Å². The first kappa shape index (κ1) is 14.8. The van der Waals surface area contributed by atoms with Crippen molar-refractivity contribution in [2.45, 2.75) is 39.0 Å². The summed E-state index contributed by atoms with van der Waals surface area (Å²) >= 11 is 1.58. The highest BCUT2D eigenvalue weighted by molar-refractivity contribution is 7.11. The van der Waals surface area contributed by atoms with E-state index in [2.05, 4.69) is 10.9 Å². The number of aryl methyl sites for hydroxylation is 1. The average molecular weight is 292 g/mol. The lowest BCUT2D eigenvalue weighted by molar-refractivity contribution is -0.130. The quantitative estimate of drug-likeness (QED) is 0.665. The maximum absolute atomic E-state index is 11.8. The van der Waals surface area contributed by atoms with Crippen LogP contribution >= 0.6 is 11.3 Å². The normalized spacial score (nSPS) is 16.2. The van der Waals surface area contributed by atoms with Gasteiger partial charge in [0.25, 0.3) is 5.91 Å². The molecule has 1 aromatic heterocycles. The maximum atomic E-state index is 11.8. The van der Waals surface area contributed by atoms with Crippen LogP contribution in [0.15, 0.2) is 17.5 Å². The zero-order chi connectivity index (χ0) is 14.4. The number of thiophene rings is 1. The molecule has 2 rings (SSSR count). The van der Waals surface area contributed by atoms with Gasteiger partial charge in [-0.1, -0.05) is 19.3 Å². The van der Waals surface area contributed by atoms with Crippen LogP contribution in [0.25, 0.3) is 6.08 Å². The van der Waals surface area contributed by atoms with Gasteiger partial charge in [0.15, 0.2) is 0 Å². The molecule has 0 atom stereocenters. The molecule has 1 heterocycles. The van der Waals surface area contributed by atoms with Crippen LogP contribution < -0.4 is 10.9 Å². The first-order valence-electron chi connectivity index (χ1n) is 6.99. The Hall–Kier alpha value is -1.62. The number of hydrogen-bond donors (Lipinski definition) is 2. The summed E-state index contributed by atoms with van der Waals surface area (Å²) < 4.78 is 0. The Morgan fingerprint density at radius 3 is 2.65 bits per heavy atom. The largest absolute Gasteiger partial charge is 0.273 e. The minimum absolute atomic E-state index is 0.0487. The van der Waals surface area contributed by atoms with Crippen LogP contribution in [0.4, 0.5) is 0 Å². The van der Waals surface area contributed by atoms with Crippen LogP contribution in [0.3, 0.4) is 0 Å². The van der Waals surface area contributed by atoms with Gasteiger partial charge < -0.3 is 0 Å². The molecule has 0 unspecified atom stereocenters. The highest BCUT2D eigenvalue weighted by Crippen LogP contribution is 2.23. The second-order valence-corrected chi connectivity index (χ2v) is 6.06. The second kappa shape index (κ2) is 7.24. The molecule has 1 fully saturated rings. The fraction of sp³-hybridized carbons (Fsp3) is 0.467. The SMILES string of the molecule is Cc1ccsc1/C=C/C(=O)NNC(=O)C1CCCCC1. The third kappa shape index (κ3) is 4.20. The summed E-state index contributed by atoms with van der Waals surface area (Å²) in [5.41, 5.74) is 6.10. The van der Waals surface area contributed by atoms with E-state index in [1.54, 1.807) is 17.4 Å². The van der Waals surface area contributed by atoms with E-state index in [1.165, 1.54) is 12.5 Å². The molecule has 0 spiro atoms. The predicted octanol–water partition coefficient (Wildman–Crippen LogP) is 2.80. The molecule has 1 aromatic rings. The summed E-state index contributed by atoms with van der Waals surface area (Å²) in [4.78, 5) is 24.5. The highest BCUT2D eigenvalue weighted by Gasteiger charge is 2.20. The summed E-state index contributed by atoms with van der Waals surface area (Å²) in [6.07, 6.45) is 8.46. The number of carbonyl (C=O) groups excluding carboxylic acids is 2. The lowest BCUT2D eigenvalue weighted by atomic mass is 9.89. The van der Waals surface area contributed by atoms with Crippen LogP contribution in [-0.2, 0) is 9.59 Å². The summed E-state index contributed by atoms with van der Waals surface area (Å²) in [5.74, 6) is -0.326. The van der Waals surface area contributed by atoms with Crippen molar-refractivity contribution in [3.63, 3.8) is 0 Å². The van der Waals surface area contributed by atoms with Crippen molar-refractivity contribution >= 4 is 29.2 Å². The Balaban J connectivity index is 1.76. The van der Waals surface area contributed by atoms with Gasteiger partial charge in [-0.2, -0.15) is 0 Å². The molecular weight excluding hydrogens is 272 g/mol. The van der Waals surface area contributed by atoms with Crippen LogP contribution in [0.2, 0.25) is 0 Å². The van der Waals surface area contributed by atoms with E-state index in [0.717, 1.165) is 36.1 Å². The Kier molecular flexibility index (Phi) is 5.35. The third-order valence-corrected chi connectivity index (χ3v) is 4.56. The summed E-state index contributed by atoms with van der Waals surface area (Å²) in [6.45, 7) is 2.00. The number of rotatable bonds is 3. The minimum atomic E-state index is -0.304. The molecule has 20 heavy (non-hydrogen) atoms. The Morgan fingerprint density at radius 1 is 1.25 bits per heavy atom. The molecule has 0 aromatic carbocycles. The maximum Gasteiger partial charge on any atom is 0.262 e. The highest BCUT2D eigenvalue weighted by atomic mass is 32.1. The van der Waals surface area contributed by atoms with Gasteiger partial charge in [-0.3, -0.25) is 20.4 Å². The van der Waals surface area contributed by atoms with Gasteiger partial charge in [-0.15, -0.1) is 11.3 Å². The molecule has 5 heteroatoms. The van der Waals surface area contributed by atoms with Crippen LogP contribution in [-0.4, -0.2) is 11.8 Å². The summed E-state index contributed by atoms with van der Waals surface area (Å²) in [6, 6.07) is 2.01. The summed E-state index contributed by atoms with van der Waals surface area (Å²) in [7, 11) is 0. The molecule has 2 N–H and O–H groups in total. The third-order valence-electron chi connectivity index (χ3n) is 3.57. The summed E-state index contributed by atoms with van der Waals surface area (Å²) in [5, 5.41) is 1.98. The topological polar surface area (TPSA) is 58.2 Å². The number of amides is 2. The Morgan fingerprint density at radius 2 is 2.00 bits per heavy atom. The molecule has 1 aliphatic rings. The molecule has 0 radical (unpaired) electrons. The fourth-order valence-corrected chi connectivity index (χ4v) is 3.16. The van der Waals surface area contributed by atoms with Crippen molar-refractivity contribution < 1.29 is 9.59 Å². The predicted molar refractivity (Wildman–Crippen MR) is 81.0 cm³/mol. The van der Waals surface area contributed by atoms with Gasteiger partial charge in [0, 0.05) is 16.9 Å². The van der Waals surface area contributed by atoms with Crippen molar-refractivity contribution in [3.05, 3.63) is 28.0 Å². The number of hydrogen-bond acceptors (Lipinski definition) is 3. The molecule has 1 aliphatic carbocycles. The van der Waals surface area contributed by atoms with Gasteiger partial charge in [0.05, 0.1) is 0 Å². The zero-order valence-corrected chi connectivity index (χ0v) is 12.5. The molecule has 4 nitrogen and oxygen atoms in total. The standard InChI is InChI=1S/C15H20N2O2S/c1-11-9-10-20-13(11)7-8-14(18)16-17-15(19)12-5-3-2-4-6-12/h7-10,12H,2-6H2,1H3,(H,16,18)(H,17,19)/b8-7+. The number of carbonyl (C=O) groups is 2. The zero-order valence-electron chi connectivity index (χ0n) is 11.6. The minimum Gasteiger partial charge on any atom is -0.273 e. The second-order valence-electron chi connectivity index (χ2n) is 5.11. The monoisotopic (exact) mass is 292 g/mol. The first-order valence-corrected chi connectivity index (χ1v) is 7.87. The van der Waals surface area contributed by atoms with E-state index in [4.69, 9.17) is 0 Å². The average Bonchev–Trinajstić information content (AvgIpc) is 2.89. The lowest BCUT2D eigenvalue weighted by Crippen LogP contribution is -2.44. The molecule has 0 bridgehead atoms. The van der Waals surface area contributed by atoms with E-state index < -0.39 is 0 Å². The lowest BCUT2D eigenvalue weighted by Gasteiger charge is -2.20. The molecular formula is C15H20N2O2S. The number of nitrogens with one attached hydrogen (secondary N) is 2. The van der Waals surface area contributed by atoms with Gasteiger partial charge in [-0.05, 0) is 42.9 Å². The fourth-order valence-electron chi connectivity index (χ4n) is 2.34. The molecule has 1 saturated carbocycles. The molecule has 0 aliphatic heterocycles. The van der Waals surface area contributed by atoms with Gasteiger partial charge >= 0.3 is 0 Å². The van der Waals surface area contributed by atoms with Gasteiger partial charge in [0.2, 0.25) is 5.91 Å².